The topological polar surface area (TPSA) is 52.6 Å². The van der Waals surface area contributed by atoms with Gasteiger partial charge in [0.25, 0.3) is 0 Å². The third-order valence-electron chi connectivity index (χ3n) is 3.29. The van der Waals surface area contributed by atoms with Gasteiger partial charge < -0.3 is 10.4 Å². The smallest absolute Gasteiger partial charge is 0.325 e. The van der Waals surface area contributed by atoms with Crippen molar-refractivity contribution in [1.82, 2.24) is 10.2 Å². The molecule has 1 fully saturated rings. The van der Waals surface area contributed by atoms with Crippen LogP contribution in [-0.4, -0.2) is 47.2 Å². The van der Waals surface area contributed by atoms with Crippen LogP contribution >= 0.6 is 0 Å². The maximum absolute atomic E-state index is 11.4. The number of rotatable bonds is 5. The lowest BCUT2D eigenvalue weighted by atomic mass is 9.98. The lowest BCUT2D eigenvalue weighted by Crippen LogP contribution is -2.55. The highest BCUT2D eigenvalue weighted by Crippen LogP contribution is 2.23. The zero-order valence-corrected chi connectivity index (χ0v) is 10.8. The summed E-state index contributed by atoms with van der Waals surface area (Å²) in [6.45, 7) is 10.7. The molecule has 0 amide bonds. The Balaban J connectivity index is 2.65. The third-order valence-corrected chi connectivity index (χ3v) is 3.29. The number of carboxylic acid groups (broad SMARTS) is 1. The summed E-state index contributed by atoms with van der Waals surface area (Å²) in [5, 5.41) is 12.6. The summed E-state index contributed by atoms with van der Waals surface area (Å²) in [6, 6.07) is 0.419. The van der Waals surface area contributed by atoms with Crippen molar-refractivity contribution < 1.29 is 9.90 Å². The van der Waals surface area contributed by atoms with Gasteiger partial charge in [-0.05, 0) is 32.7 Å². The van der Waals surface area contributed by atoms with Gasteiger partial charge in [-0.2, -0.15) is 0 Å². The van der Waals surface area contributed by atoms with Crippen molar-refractivity contribution >= 4 is 5.97 Å². The van der Waals surface area contributed by atoms with Crippen LogP contribution < -0.4 is 5.32 Å². The van der Waals surface area contributed by atoms with Crippen molar-refractivity contribution in [2.24, 2.45) is 5.92 Å². The van der Waals surface area contributed by atoms with E-state index in [0.717, 1.165) is 13.1 Å². The third kappa shape index (κ3) is 2.95. The van der Waals surface area contributed by atoms with Gasteiger partial charge in [-0.1, -0.05) is 13.8 Å². The fraction of sp³-hybridized carbons (Fsp3) is 0.917. The zero-order chi connectivity index (χ0) is 12.3. The molecule has 16 heavy (non-hydrogen) atoms. The Labute approximate surface area is 98.0 Å². The van der Waals surface area contributed by atoms with E-state index in [1.54, 1.807) is 0 Å². The molecule has 1 saturated heterocycles. The largest absolute Gasteiger partial charge is 0.480 e. The summed E-state index contributed by atoms with van der Waals surface area (Å²) >= 11 is 0. The van der Waals surface area contributed by atoms with Gasteiger partial charge in [-0.3, -0.25) is 9.69 Å². The van der Waals surface area contributed by atoms with Gasteiger partial charge in [0.1, 0.15) is 5.54 Å². The van der Waals surface area contributed by atoms with E-state index in [4.69, 9.17) is 0 Å². The maximum atomic E-state index is 11.4. The number of hydrogen-bond acceptors (Lipinski definition) is 3. The fourth-order valence-electron chi connectivity index (χ4n) is 2.07. The average Bonchev–Trinajstić information content (AvgIpc) is 2.60. The molecule has 0 aromatic carbocycles. The van der Waals surface area contributed by atoms with Crippen molar-refractivity contribution in [2.75, 3.05) is 19.6 Å². The van der Waals surface area contributed by atoms with Crippen LogP contribution in [0.2, 0.25) is 0 Å². The van der Waals surface area contributed by atoms with Gasteiger partial charge >= 0.3 is 5.97 Å². The number of carbonyl (C=O) groups is 1. The monoisotopic (exact) mass is 228 g/mol. The predicted octanol–water partition coefficient (Wildman–Crippen LogP) is 1.17. The van der Waals surface area contributed by atoms with Crippen LogP contribution in [0.25, 0.3) is 0 Å². The predicted molar refractivity (Wildman–Crippen MR) is 64.5 cm³/mol. The van der Waals surface area contributed by atoms with Gasteiger partial charge in [-0.25, -0.2) is 0 Å². The molecule has 0 aromatic rings. The second-order valence-corrected chi connectivity index (χ2v) is 5.48. The van der Waals surface area contributed by atoms with Gasteiger partial charge in [0.05, 0.1) is 0 Å². The molecular weight excluding hydrogens is 204 g/mol. The van der Waals surface area contributed by atoms with Crippen molar-refractivity contribution in [1.29, 1.82) is 0 Å². The van der Waals surface area contributed by atoms with Crippen LogP contribution in [0.1, 0.15) is 34.1 Å². The Morgan fingerprint density at radius 2 is 2.06 bits per heavy atom. The number of carboxylic acids is 1. The quantitative estimate of drug-likeness (QED) is 0.741. The number of aliphatic carboxylic acids is 1. The molecule has 0 saturated carbocycles. The van der Waals surface area contributed by atoms with Gasteiger partial charge in [0.15, 0.2) is 0 Å². The van der Waals surface area contributed by atoms with E-state index in [0.29, 0.717) is 24.9 Å². The molecule has 0 bridgehead atoms. The number of hydrogen-bond donors (Lipinski definition) is 2. The fourth-order valence-corrected chi connectivity index (χ4v) is 2.07. The van der Waals surface area contributed by atoms with Crippen molar-refractivity contribution in [2.45, 2.75) is 45.7 Å². The minimum absolute atomic E-state index is 0.419. The van der Waals surface area contributed by atoms with Crippen LogP contribution in [-0.2, 0) is 4.79 Å². The van der Waals surface area contributed by atoms with Gasteiger partial charge in [-0.15, -0.1) is 0 Å². The molecule has 1 heterocycles. The molecule has 1 aliphatic heterocycles. The summed E-state index contributed by atoms with van der Waals surface area (Å²) in [6.07, 6.45) is 0.702. The van der Waals surface area contributed by atoms with Crippen LogP contribution in [0.5, 0.6) is 0 Å². The van der Waals surface area contributed by atoms with Crippen molar-refractivity contribution in [3.05, 3.63) is 0 Å². The number of nitrogens with zero attached hydrogens (tertiary/aromatic N) is 1. The Morgan fingerprint density at radius 1 is 1.44 bits per heavy atom. The summed E-state index contributed by atoms with van der Waals surface area (Å²) in [4.78, 5) is 13.6. The molecule has 2 N–H and O–H groups in total. The second-order valence-electron chi connectivity index (χ2n) is 5.48. The van der Waals surface area contributed by atoms with Crippen LogP contribution in [0.4, 0.5) is 0 Å². The van der Waals surface area contributed by atoms with Crippen molar-refractivity contribution in [3.8, 4) is 0 Å². The molecule has 4 nitrogen and oxygen atoms in total. The zero-order valence-electron chi connectivity index (χ0n) is 10.8. The number of nitrogens with one attached hydrogen (secondary N) is 1. The molecular formula is C12H24N2O2. The van der Waals surface area contributed by atoms with Gasteiger partial charge in [0.2, 0.25) is 0 Å². The highest BCUT2D eigenvalue weighted by Gasteiger charge is 2.44. The first-order valence-electron chi connectivity index (χ1n) is 6.10. The number of likely N-dealkylation sites (tertiary alicyclic amines) is 1. The summed E-state index contributed by atoms with van der Waals surface area (Å²) in [5.41, 5.74) is -0.728. The first kappa shape index (κ1) is 13.5. The van der Waals surface area contributed by atoms with E-state index in [9.17, 15) is 9.90 Å². The lowest BCUT2D eigenvalue weighted by molar-refractivity contribution is -0.144. The molecule has 0 aromatic heterocycles. The van der Waals surface area contributed by atoms with Crippen molar-refractivity contribution in [3.63, 3.8) is 0 Å². The first-order valence-corrected chi connectivity index (χ1v) is 6.10. The highest BCUT2D eigenvalue weighted by molar-refractivity contribution is 5.79. The summed E-state index contributed by atoms with van der Waals surface area (Å²) in [7, 11) is 0. The molecule has 1 rings (SSSR count). The van der Waals surface area contributed by atoms with E-state index >= 15 is 0 Å². The van der Waals surface area contributed by atoms with Crippen LogP contribution in [0.3, 0.4) is 0 Å². The Kier molecular flexibility index (Phi) is 4.33. The Morgan fingerprint density at radius 3 is 2.44 bits per heavy atom. The summed E-state index contributed by atoms with van der Waals surface area (Å²) in [5.74, 6) is -0.236. The van der Waals surface area contributed by atoms with Crippen LogP contribution in [0.15, 0.2) is 0 Å². The SMILES string of the molecule is CC(C)CNC1(C(=O)O)CCN(C(C)C)C1. The standard InChI is InChI=1S/C12H24N2O2/c1-9(2)7-13-12(11(15)16)5-6-14(8-12)10(3)4/h9-10,13H,5-8H2,1-4H3,(H,15,16). The second kappa shape index (κ2) is 5.15. The Hall–Kier alpha value is -0.610. The highest BCUT2D eigenvalue weighted by atomic mass is 16.4. The summed E-state index contributed by atoms with van der Waals surface area (Å²) < 4.78 is 0. The maximum Gasteiger partial charge on any atom is 0.325 e. The van der Waals surface area contributed by atoms with E-state index in [1.165, 1.54) is 0 Å². The van der Waals surface area contributed by atoms with E-state index in [2.05, 4.69) is 37.9 Å². The normalized spacial score (nSPS) is 26.9. The molecule has 0 radical (unpaired) electrons. The molecule has 94 valence electrons. The molecule has 4 heteroatoms. The molecule has 0 spiro atoms. The van der Waals surface area contributed by atoms with E-state index in [-0.39, 0.29) is 0 Å². The minimum Gasteiger partial charge on any atom is -0.480 e. The van der Waals surface area contributed by atoms with Crippen LogP contribution in [0, 0.1) is 5.92 Å². The van der Waals surface area contributed by atoms with Gasteiger partial charge in [0, 0.05) is 19.1 Å². The molecule has 1 unspecified atom stereocenters. The van der Waals surface area contributed by atoms with E-state index < -0.39 is 11.5 Å². The minimum atomic E-state index is -0.728. The first-order chi connectivity index (χ1) is 7.37. The van der Waals surface area contributed by atoms with E-state index in [1.807, 2.05) is 0 Å². The molecule has 1 aliphatic rings. The Bertz CT molecular complexity index is 253. The molecule has 1 atom stereocenters. The molecule has 0 aliphatic carbocycles. The average molecular weight is 228 g/mol. The lowest BCUT2D eigenvalue weighted by Gasteiger charge is -2.28.